The van der Waals surface area contributed by atoms with E-state index in [0.29, 0.717) is 0 Å². The first-order valence-corrected chi connectivity index (χ1v) is 12.7. The van der Waals surface area contributed by atoms with E-state index in [1.807, 2.05) is 0 Å². The third-order valence-electron chi connectivity index (χ3n) is 6.13. The monoisotopic (exact) mass is 388 g/mol. The molecule has 1 nitrogen and oxygen atoms in total. The summed E-state index contributed by atoms with van der Waals surface area (Å²) < 4.78 is 2.62. The highest BCUT2D eigenvalue weighted by atomic mass is 15.0. The average molecular weight is 389 g/mol. The lowest BCUT2D eigenvalue weighted by atomic mass is 10.0. The molecule has 0 aliphatic heterocycles. The Morgan fingerprint density at radius 2 is 1.04 bits per heavy atom. The lowest BCUT2D eigenvalue weighted by molar-refractivity contribution is -0.710. The first-order valence-electron chi connectivity index (χ1n) is 12.7. The van der Waals surface area contributed by atoms with Gasteiger partial charge in [0.15, 0.2) is 11.4 Å². The molecule has 0 unspecified atom stereocenters. The predicted molar refractivity (Wildman–Crippen MR) is 125 cm³/mol. The summed E-state index contributed by atoms with van der Waals surface area (Å²) in [5.41, 5.74) is 4.46. The molecule has 1 heteroatoms. The van der Waals surface area contributed by atoms with Gasteiger partial charge in [0.2, 0.25) is 0 Å². The second kappa shape index (κ2) is 17.0. The summed E-state index contributed by atoms with van der Waals surface area (Å²) in [5.74, 6) is 0. The molecule has 0 aliphatic rings. The summed E-state index contributed by atoms with van der Waals surface area (Å²) in [7, 11) is 0. The zero-order chi connectivity index (χ0) is 20.5. The molecule has 0 bridgehead atoms. The minimum atomic E-state index is 1.22. The fraction of sp³-hybridized carbons (Fsp3) is 0.815. The second-order valence-corrected chi connectivity index (χ2v) is 9.02. The molecule has 1 heterocycles. The number of aryl methyl sites for hydroxylation is 3. The Hall–Kier alpha value is -0.850. The van der Waals surface area contributed by atoms with Crippen LogP contribution >= 0.6 is 0 Å². The van der Waals surface area contributed by atoms with Gasteiger partial charge in [-0.25, -0.2) is 4.57 Å². The smallest absolute Gasteiger partial charge is 0.181 e. The second-order valence-electron chi connectivity index (χ2n) is 9.02. The normalized spacial score (nSPS) is 11.3. The maximum absolute atomic E-state index is 2.62. The zero-order valence-electron chi connectivity index (χ0n) is 19.8. The quantitative estimate of drug-likeness (QED) is 0.175. The van der Waals surface area contributed by atoms with E-state index in [0.717, 1.165) is 0 Å². The van der Waals surface area contributed by atoms with Crippen LogP contribution in [0.3, 0.4) is 0 Å². The number of unbranched alkanes of at least 4 members (excludes halogenated alkanes) is 14. The van der Waals surface area contributed by atoms with Crippen molar-refractivity contribution in [2.75, 3.05) is 0 Å². The lowest BCUT2D eigenvalue weighted by Gasteiger charge is -2.09. The largest absolute Gasteiger partial charge is 0.200 e. The highest BCUT2D eigenvalue weighted by Gasteiger charge is 2.14. The van der Waals surface area contributed by atoms with Gasteiger partial charge in [-0.3, -0.25) is 0 Å². The van der Waals surface area contributed by atoms with Gasteiger partial charge in [-0.15, -0.1) is 0 Å². The van der Waals surface area contributed by atoms with Crippen LogP contribution in [0.5, 0.6) is 0 Å². The SMILES string of the molecule is CCCCCCCCCCc1cc(C)cc(C)[n+]1CCCCCCCCCC. The minimum absolute atomic E-state index is 1.22. The van der Waals surface area contributed by atoms with Gasteiger partial charge < -0.3 is 0 Å². The third-order valence-corrected chi connectivity index (χ3v) is 6.13. The Morgan fingerprint density at radius 1 is 0.571 bits per heavy atom. The van der Waals surface area contributed by atoms with Crippen molar-refractivity contribution in [2.45, 2.75) is 143 Å². The lowest BCUT2D eigenvalue weighted by Crippen LogP contribution is -2.41. The van der Waals surface area contributed by atoms with E-state index in [1.54, 1.807) is 5.69 Å². The van der Waals surface area contributed by atoms with E-state index in [1.165, 1.54) is 127 Å². The highest BCUT2D eigenvalue weighted by Crippen LogP contribution is 2.13. The Bertz CT molecular complexity index is 491. The standard InChI is InChI=1S/C27H50N/c1-5-7-9-11-13-15-17-19-21-27-24-25(3)23-26(4)28(27)22-20-18-16-14-12-10-8-6-2/h23-24H,5-22H2,1-4H3/q+1. The number of nitrogens with zero attached hydrogens (tertiary/aromatic N) is 1. The van der Waals surface area contributed by atoms with Crippen LogP contribution in [0.2, 0.25) is 0 Å². The Labute approximate surface area is 177 Å². The van der Waals surface area contributed by atoms with Gasteiger partial charge in [0.1, 0.15) is 6.54 Å². The molecule has 1 rings (SSSR count). The van der Waals surface area contributed by atoms with Crippen LogP contribution in [-0.4, -0.2) is 0 Å². The maximum Gasteiger partial charge on any atom is 0.181 e. The van der Waals surface area contributed by atoms with Gasteiger partial charge in [-0.05, 0) is 25.3 Å². The van der Waals surface area contributed by atoms with Crippen molar-refractivity contribution < 1.29 is 4.57 Å². The maximum atomic E-state index is 2.62. The summed E-state index contributed by atoms with van der Waals surface area (Å²) >= 11 is 0. The Morgan fingerprint density at radius 3 is 1.57 bits per heavy atom. The molecular formula is C27H50N+. The van der Waals surface area contributed by atoms with E-state index >= 15 is 0 Å². The van der Waals surface area contributed by atoms with Crippen molar-refractivity contribution in [3.8, 4) is 0 Å². The number of aromatic nitrogens is 1. The predicted octanol–water partition coefficient (Wildman–Crippen LogP) is 8.41. The molecule has 0 aliphatic carbocycles. The van der Waals surface area contributed by atoms with Crippen molar-refractivity contribution in [1.29, 1.82) is 0 Å². The number of rotatable bonds is 18. The van der Waals surface area contributed by atoms with E-state index in [9.17, 15) is 0 Å². The molecule has 0 amide bonds. The van der Waals surface area contributed by atoms with Crippen LogP contribution in [0.1, 0.15) is 134 Å². The molecule has 0 saturated carbocycles. The molecule has 28 heavy (non-hydrogen) atoms. The summed E-state index contributed by atoms with van der Waals surface area (Å²) in [5, 5.41) is 0. The summed E-state index contributed by atoms with van der Waals surface area (Å²) in [4.78, 5) is 0. The fourth-order valence-corrected chi connectivity index (χ4v) is 4.39. The van der Waals surface area contributed by atoms with Crippen molar-refractivity contribution in [3.63, 3.8) is 0 Å². The first-order chi connectivity index (χ1) is 13.7. The summed E-state index contributed by atoms with van der Waals surface area (Å²) in [6, 6.07) is 4.81. The van der Waals surface area contributed by atoms with Crippen molar-refractivity contribution in [3.05, 3.63) is 29.1 Å². The van der Waals surface area contributed by atoms with E-state index in [-0.39, 0.29) is 0 Å². The molecule has 162 valence electrons. The van der Waals surface area contributed by atoms with Crippen LogP contribution < -0.4 is 4.57 Å². The highest BCUT2D eigenvalue weighted by molar-refractivity contribution is 5.14. The molecule has 0 saturated heterocycles. The van der Waals surface area contributed by atoms with E-state index in [2.05, 4.69) is 44.4 Å². The zero-order valence-corrected chi connectivity index (χ0v) is 19.8. The molecule has 1 aromatic heterocycles. The van der Waals surface area contributed by atoms with Crippen LogP contribution in [0.25, 0.3) is 0 Å². The van der Waals surface area contributed by atoms with Gasteiger partial charge in [-0.1, -0.05) is 97.3 Å². The molecule has 0 spiro atoms. The topological polar surface area (TPSA) is 3.88 Å². The van der Waals surface area contributed by atoms with Gasteiger partial charge in [-0.2, -0.15) is 0 Å². The van der Waals surface area contributed by atoms with E-state index < -0.39 is 0 Å². The van der Waals surface area contributed by atoms with Crippen molar-refractivity contribution in [1.82, 2.24) is 0 Å². The molecule has 0 atom stereocenters. The minimum Gasteiger partial charge on any atom is -0.200 e. The summed E-state index contributed by atoms with van der Waals surface area (Å²) in [6.45, 7) is 10.4. The van der Waals surface area contributed by atoms with E-state index in [4.69, 9.17) is 0 Å². The average Bonchev–Trinajstić information content (AvgIpc) is 2.67. The van der Waals surface area contributed by atoms with Gasteiger partial charge in [0, 0.05) is 31.9 Å². The molecule has 0 radical (unpaired) electrons. The molecule has 0 fully saturated rings. The fourth-order valence-electron chi connectivity index (χ4n) is 4.39. The van der Waals surface area contributed by atoms with Gasteiger partial charge in [0.25, 0.3) is 0 Å². The van der Waals surface area contributed by atoms with Crippen molar-refractivity contribution >= 4 is 0 Å². The van der Waals surface area contributed by atoms with Gasteiger partial charge >= 0.3 is 0 Å². The Kier molecular flexibility index (Phi) is 15.3. The first kappa shape index (κ1) is 25.2. The third kappa shape index (κ3) is 11.9. The van der Waals surface area contributed by atoms with Crippen LogP contribution in [0, 0.1) is 13.8 Å². The number of pyridine rings is 1. The Balaban J connectivity index is 2.30. The molecule has 0 N–H and O–H groups in total. The van der Waals surface area contributed by atoms with Crippen LogP contribution in [0.15, 0.2) is 12.1 Å². The molecule has 1 aromatic rings. The number of hydrogen-bond donors (Lipinski definition) is 0. The number of hydrogen-bond acceptors (Lipinski definition) is 0. The van der Waals surface area contributed by atoms with Crippen LogP contribution in [-0.2, 0) is 13.0 Å². The molecular weight excluding hydrogens is 338 g/mol. The van der Waals surface area contributed by atoms with Crippen molar-refractivity contribution in [2.24, 2.45) is 0 Å². The molecule has 0 aromatic carbocycles. The summed E-state index contributed by atoms with van der Waals surface area (Å²) in [6.07, 6.45) is 23.7. The van der Waals surface area contributed by atoms with Crippen LogP contribution in [0.4, 0.5) is 0 Å². The van der Waals surface area contributed by atoms with Gasteiger partial charge in [0.05, 0.1) is 0 Å².